The molecule has 1 fully saturated rings. The molecule has 1 aromatic carbocycles. The predicted molar refractivity (Wildman–Crippen MR) is 71.5 cm³/mol. The molecule has 0 amide bonds. The van der Waals surface area contributed by atoms with Crippen LogP contribution < -0.4 is 10.5 Å². The molecular weight excluding hydrogens is 248 g/mol. The second-order valence-corrected chi connectivity index (χ2v) is 6.53. The Morgan fingerprint density at radius 2 is 2.00 bits per heavy atom. The Labute approximate surface area is 109 Å². The molecule has 1 saturated carbocycles. The molecule has 0 unspecified atom stereocenters. The van der Waals surface area contributed by atoms with Gasteiger partial charge in [0, 0.05) is 13.1 Å². The molecule has 4 nitrogen and oxygen atoms in total. The van der Waals surface area contributed by atoms with E-state index in [1.54, 1.807) is 24.3 Å². The van der Waals surface area contributed by atoms with Gasteiger partial charge in [-0.15, -0.1) is 0 Å². The van der Waals surface area contributed by atoms with Crippen molar-refractivity contribution in [3.05, 3.63) is 29.8 Å². The maximum Gasteiger partial charge on any atom is 0.240 e. The number of benzene rings is 1. The second-order valence-electron chi connectivity index (χ2n) is 4.80. The minimum absolute atomic E-state index is 0.235. The van der Waals surface area contributed by atoms with E-state index in [9.17, 15) is 8.42 Å². The van der Waals surface area contributed by atoms with E-state index in [0.29, 0.717) is 17.0 Å². The maximum atomic E-state index is 12.1. The van der Waals surface area contributed by atoms with Crippen molar-refractivity contribution in [3.8, 4) is 0 Å². The Hall–Kier alpha value is -0.910. The zero-order chi connectivity index (χ0) is 13.0. The van der Waals surface area contributed by atoms with E-state index in [1.807, 2.05) is 0 Å². The molecular formula is C13H20N2O2S. The van der Waals surface area contributed by atoms with E-state index in [4.69, 9.17) is 5.73 Å². The monoisotopic (exact) mass is 268 g/mol. The summed E-state index contributed by atoms with van der Waals surface area (Å²) in [6.07, 6.45) is 4.65. The van der Waals surface area contributed by atoms with Crippen molar-refractivity contribution >= 4 is 10.0 Å². The first-order chi connectivity index (χ1) is 8.63. The molecule has 1 aromatic rings. The highest BCUT2D eigenvalue weighted by atomic mass is 32.2. The van der Waals surface area contributed by atoms with Gasteiger partial charge < -0.3 is 5.73 Å². The van der Waals surface area contributed by atoms with Crippen LogP contribution in [0, 0.1) is 5.92 Å². The van der Waals surface area contributed by atoms with Crippen LogP contribution in [0.4, 0.5) is 0 Å². The van der Waals surface area contributed by atoms with Gasteiger partial charge in [0.2, 0.25) is 10.0 Å². The summed E-state index contributed by atoms with van der Waals surface area (Å²) in [7, 11) is -3.41. The summed E-state index contributed by atoms with van der Waals surface area (Å²) in [6, 6.07) is 6.87. The largest absolute Gasteiger partial charge is 0.326 e. The number of nitrogens with one attached hydrogen (secondary N) is 1. The standard InChI is InChI=1S/C13H20N2O2S/c14-10-12-5-1-2-6-13(12)18(16,17)15-9-3-4-11-7-8-11/h1-2,5-6,11,15H,3-4,7-10,14H2. The number of sulfonamides is 1. The zero-order valence-corrected chi connectivity index (χ0v) is 11.2. The van der Waals surface area contributed by atoms with Crippen LogP contribution >= 0.6 is 0 Å². The van der Waals surface area contributed by atoms with E-state index in [-0.39, 0.29) is 6.54 Å². The van der Waals surface area contributed by atoms with Gasteiger partial charge in [0.05, 0.1) is 4.90 Å². The number of hydrogen-bond acceptors (Lipinski definition) is 3. The van der Waals surface area contributed by atoms with Crippen molar-refractivity contribution in [1.82, 2.24) is 4.72 Å². The first-order valence-electron chi connectivity index (χ1n) is 6.41. The molecule has 0 aliphatic heterocycles. The molecule has 1 aliphatic rings. The first-order valence-corrected chi connectivity index (χ1v) is 7.89. The first kappa shape index (κ1) is 13.5. The number of nitrogens with two attached hydrogens (primary N) is 1. The Bertz CT molecular complexity index is 495. The van der Waals surface area contributed by atoms with E-state index in [1.165, 1.54) is 12.8 Å². The summed E-state index contributed by atoms with van der Waals surface area (Å²) in [5, 5.41) is 0. The van der Waals surface area contributed by atoms with Crippen molar-refractivity contribution in [2.24, 2.45) is 11.7 Å². The third kappa shape index (κ3) is 3.54. The van der Waals surface area contributed by atoms with E-state index in [0.717, 1.165) is 18.8 Å². The lowest BCUT2D eigenvalue weighted by Crippen LogP contribution is -2.26. The van der Waals surface area contributed by atoms with Crippen LogP contribution in [-0.2, 0) is 16.6 Å². The Balaban J connectivity index is 1.95. The summed E-state index contributed by atoms with van der Waals surface area (Å²) in [6.45, 7) is 0.747. The second kappa shape index (κ2) is 5.82. The topological polar surface area (TPSA) is 72.2 Å². The summed E-state index contributed by atoms with van der Waals surface area (Å²) < 4.78 is 26.9. The highest BCUT2D eigenvalue weighted by Crippen LogP contribution is 2.33. The lowest BCUT2D eigenvalue weighted by Gasteiger charge is -2.10. The highest BCUT2D eigenvalue weighted by molar-refractivity contribution is 7.89. The van der Waals surface area contributed by atoms with Gasteiger partial charge in [-0.2, -0.15) is 0 Å². The smallest absolute Gasteiger partial charge is 0.240 e. The molecule has 0 heterocycles. The predicted octanol–water partition coefficient (Wildman–Crippen LogP) is 1.61. The van der Waals surface area contributed by atoms with Gasteiger partial charge in [0.15, 0.2) is 0 Å². The van der Waals surface area contributed by atoms with Crippen LogP contribution in [0.2, 0.25) is 0 Å². The summed E-state index contributed by atoms with van der Waals surface area (Å²) in [5.74, 6) is 0.839. The molecule has 100 valence electrons. The average Bonchev–Trinajstić information content (AvgIpc) is 3.19. The van der Waals surface area contributed by atoms with E-state index in [2.05, 4.69) is 4.72 Å². The van der Waals surface area contributed by atoms with Crippen molar-refractivity contribution in [3.63, 3.8) is 0 Å². The molecule has 0 bridgehead atoms. The molecule has 0 aromatic heterocycles. The Morgan fingerprint density at radius 1 is 1.28 bits per heavy atom. The fraction of sp³-hybridized carbons (Fsp3) is 0.538. The van der Waals surface area contributed by atoms with Gasteiger partial charge in [0.25, 0.3) is 0 Å². The van der Waals surface area contributed by atoms with Gasteiger partial charge in [0.1, 0.15) is 0 Å². The molecule has 5 heteroatoms. The lowest BCUT2D eigenvalue weighted by molar-refractivity contribution is 0.571. The van der Waals surface area contributed by atoms with Crippen LogP contribution in [0.3, 0.4) is 0 Å². The SMILES string of the molecule is NCc1ccccc1S(=O)(=O)NCCCC1CC1. The van der Waals surface area contributed by atoms with Gasteiger partial charge in [-0.1, -0.05) is 31.0 Å². The van der Waals surface area contributed by atoms with Crippen molar-refractivity contribution in [2.75, 3.05) is 6.54 Å². The van der Waals surface area contributed by atoms with Crippen molar-refractivity contribution in [1.29, 1.82) is 0 Å². The molecule has 18 heavy (non-hydrogen) atoms. The number of rotatable bonds is 7. The highest BCUT2D eigenvalue weighted by Gasteiger charge is 2.21. The van der Waals surface area contributed by atoms with Crippen molar-refractivity contribution in [2.45, 2.75) is 37.1 Å². The molecule has 3 N–H and O–H groups in total. The van der Waals surface area contributed by atoms with Gasteiger partial charge in [-0.25, -0.2) is 13.1 Å². The van der Waals surface area contributed by atoms with Crippen LogP contribution in [0.5, 0.6) is 0 Å². The molecule has 0 atom stereocenters. The molecule has 1 aliphatic carbocycles. The zero-order valence-electron chi connectivity index (χ0n) is 10.4. The fourth-order valence-electron chi connectivity index (χ4n) is 2.02. The van der Waals surface area contributed by atoms with Crippen LogP contribution in [0.1, 0.15) is 31.2 Å². The Morgan fingerprint density at radius 3 is 2.67 bits per heavy atom. The number of hydrogen-bond donors (Lipinski definition) is 2. The van der Waals surface area contributed by atoms with Gasteiger partial charge >= 0.3 is 0 Å². The third-order valence-electron chi connectivity index (χ3n) is 3.26. The fourth-order valence-corrected chi connectivity index (χ4v) is 3.34. The quantitative estimate of drug-likeness (QED) is 0.738. The molecule has 0 radical (unpaired) electrons. The van der Waals surface area contributed by atoms with E-state index < -0.39 is 10.0 Å². The average molecular weight is 268 g/mol. The molecule has 0 spiro atoms. The Kier molecular flexibility index (Phi) is 4.37. The summed E-state index contributed by atoms with van der Waals surface area (Å²) in [5.41, 5.74) is 6.22. The van der Waals surface area contributed by atoms with Crippen LogP contribution in [-0.4, -0.2) is 15.0 Å². The van der Waals surface area contributed by atoms with E-state index >= 15 is 0 Å². The maximum absolute atomic E-state index is 12.1. The normalized spacial score (nSPS) is 15.8. The summed E-state index contributed by atoms with van der Waals surface area (Å²) in [4.78, 5) is 0.305. The minimum Gasteiger partial charge on any atom is -0.326 e. The van der Waals surface area contributed by atoms with Crippen molar-refractivity contribution < 1.29 is 8.42 Å². The van der Waals surface area contributed by atoms with Gasteiger partial charge in [-0.3, -0.25) is 0 Å². The molecule has 0 saturated heterocycles. The summed E-state index contributed by atoms with van der Waals surface area (Å²) >= 11 is 0. The third-order valence-corrected chi connectivity index (χ3v) is 4.82. The molecule has 2 rings (SSSR count). The minimum atomic E-state index is -3.41. The lowest BCUT2D eigenvalue weighted by atomic mass is 10.2. The van der Waals surface area contributed by atoms with Crippen LogP contribution in [0.25, 0.3) is 0 Å². The van der Waals surface area contributed by atoms with Crippen LogP contribution in [0.15, 0.2) is 29.2 Å². The van der Waals surface area contributed by atoms with Gasteiger partial charge in [-0.05, 0) is 30.4 Å².